The minimum Gasteiger partial charge on any atom is -0.309 e. The van der Waals surface area contributed by atoms with Crippen molar-refractivity contribution in [2.24, 2.45) is 5.41 Å². The van der Waals surface area contributed by atoms with Crippen LogP contribution in [0.4, 0.5) is 0 Å². The Hall–Kier alpha value is -0.603. The highest BCUT2D eigenvalue weighted by molar-refractivity contribution is 6.88. The summed E-state index contributed by atoms with van der Waals surface area (Å²) in [4.78, 5) is 0. The van der Waals surface area contributed by atoms with Gasteiger partial charge in [-0.05, 0) is 17.4 Å². The zero-order chi connectivity index (χ0) is 12.7. The maximum Gasteiger partial charge on any atom is 0.0775 e. The van der Waals surface area contributed by atoms with E-state index in [1.807, 2.05) is 0 Å². The van der Waals surface area contributed by atoms with Crippen molar-refractivity contribution in [3.8, 4) is 0 Å². The van der Waals surface area contributed by atoms with Gasteiger partial charge in [-0.25, -0.2) is 0 Å². The molecule has 0 aromatic heterocycles. The van der Waals surface area contributed by atoms with E-state index in [1.54, 1.807) is 5.19 Å². The molecule has 2 heteroatoms. The van der Waals surface area contributed by atoms with Crippen LogP contribution in [0.15, 0.2) is 24.3 Å². The third-order valence-electron chi connectivity index (χ3n) is 3.89. The highest BCUT2D eigenvalue weighted by Crippen LogP contribution is 2.44. The minimum absolute atomic E-state index is 0.526. The van der Waals surface area contributed by atoms with E-state index in [0.29, 0.717) is 5.41 Å². The predicted octanol–water partition coefficient (Wildman–Crippen LogP) is 3.12. The first-order chi connectivity index (χ1) is 7.79. The lowest BCUT2D eigenvalue weighted by molar-refractivity contribution is 0.542. The van der Waals surface area contributed by atoms with Crippen LogP contribution in [-0.4, -0.2) is 14.1 Å². The summed E-state index contributed by atoms with van der Waals surface area (Å²) in [5.41, 5.74) is 1.94. The third kappa shape index (κ3) is 3.20. The van der Waals surface area contributed by atoms with Gasteiger partial charge in [-0.3, -0.25) is 0 Å². The Bertz CT molecular complexity index is 386. The van der Waals surface area contributed by atoms with Gasteiger partial charge in [0.15, 0.2) is 0 Å². The smallest absolute Gasteiger partial charge is 0.0775 e. The standard InChI is InChI=1S/C15H25NSi/c1-15(2)10-14(15)16-11-12-6-8-13(9-7-12)17(3,4)5/h6-9,14,16H,10-11H2,1-5H3. The monoisotopic (exact) mass is 247 g/mol. The van der Waals surface area contributed by atoms with Gasteiger partial charge in [0.05, 0.1) is 8.07 Å². The van der Waals surface area contributed by atoms with Crippen LogP contribution in [-0.2, 0) is 6.54 Å². The second kappa shape index (κ2) is 4.25. The van der Waals surface area contributed by atoms with Gasteiger partial charge in [0, 0.05) is 12.6 Å². The molecule has 1 N–H and O–H groups in total. The summed E-state index contributed by atoms with van der Waals surface area (Å²) in [6, 6.07) is 9.94. The Morgan fingerprint density at radius 2 is 1.71 bits per heavy atom. The lowest BCUT2D eigenvalue weighted by atomic mass is 10.2. The zero-order valence-corrected chi connectivity index (χ0v) is 12.8. The molecule has 1 nitrogen and oxygen atoms in total. The Labute approximate surface area is 107 Å². The van der Waals surface area contributed by atoms with Crippen molar-refractivity contribution in [1.82, 2.24) is 5.32 Å². The summed E-state index contributed by atoms with van der Waals surface area (Å²) in [5.74, 6) is 0. The van der Waals surface area contributed by atoms with Gasteiger partial charge < -0.3 is 5.32 Å². The average Bonchev–Trinajstić information content (AvgIpc) is 2.83. The number of rotatable bonds is 4. The van der Waals surface area contributed by atoms with Crippen LogP contribution in [0.25, 0.3) is 0 Å². The van der Waals surface area contributed by atoms with Gasteiger partial charge in [-0.2, -0.15) is 0 Å². The van der Waals surface area contributed by atoms with Crippen LogP contribution in [0.1, 0.15) is 25.8 Å². The topological polar surface area (TPSA) is 12.0 Å². The Kier molecular flexibility index (Phi) is 3.21. The second-order valence-electron chi connectivity index (χ2n) is 7.07. The maximum absolute atomic E-state index is 3.63. The molecule has 0 amide bonds. The van der Waals surface area contributed by atoms with Crippen LogP contribution in [0.3, 0.4) is 0 Å². The van der Waals surface area contributed by atoms with Crippen molar-refractivity contribution in [3.05, 3.63) is 29.8 Å². The van der Waals surface area contributed by atoms with E-state index < -0.39 is 8.07 Å². The molecule has 1 aliphatic rings. The molecule has 1 atom stereocenters. The van der Waals surface area contributed by atoms with Crippen LogP contribution < -0.4 is 10.5 Å². The van der Waals surface area contributed by atoms with Crippen molar-refractivity contribution in [2.75, 3.05) is 0 Å². The first-order valence-electron chi connectivity index (χ1n) is 6.62. The molecule has 0 radical (unpaired) electrons. The molecule has 2 rings (SSSR count). The van der Waals surface area contributed by atoms with E-state index in [9.17, 15) is 0 Å². The Balaban J connectivity index is 1.91. The van der Waals surface area contributed by atoms with Crippen molar-refractivity contribution < 1.29 is 0 Å². The van der Waals surface area contributed by atoms with Gasteiger partial charge in [-0.15, -0.1) is 0 Å². The van der Waals surface area contributed by atoms with Gasteiger partial charge in [0.25, 0.3) is 0 Å². The minimum atomic E-state index is -1.13. The van der Waals surface area contributed by atoms with Crippen LogP contribution in [0.2, 0.25) is 19.6 Å². The summed E-state index contributed by atoms with van der Waals surface area (Å²) in [5, 5.41) is 5.18. The molecule has 94 valence electrons. The molecule has 0 aliphatic heterocycles. The number of benzene rings is 1. The quantitative estimate of drug-likeness (QED) is 0.806. The molecule has 1 aromatic carbocycles. The first kappa shape index (κ1) is 12.8. The average molecular weight is 247 g/mol. The maximum atomic E-state index is 3.63. The normalized spacial score (nSPS) is 22.5. The molecular weight excluding hydrogens is 222 g/mol. The molecular formula is C15H25NSi. The molecule has 1 saturated carbocycles. The van der Waals surface area contributed by atoms with Crippen molar-refractivity contribution >= 4 is 13.3 Å². The highest BCUT2D eigenvalue weighted by Gasteiger charge is 2.44. The molecule has 0 spiro atoms. The van der Waals surface area contributed by atoms with Crippen LogP contribution in [0.5, 0.6) is 0 Å². The highest BCUT2D eigenvalue weighted by atomic mass is 28.3. The lowest BCUT2D eigenvalue weighted by Gasteiger charge is -2.17. The van der Waals surface area contributed by atoms with E-state index in [-0.39, 0.29) is 0 Å². The summed E-state index contributed by atoms with van der Waals surface area (Å²) >= 11 is 0. The molecule has 1 fully saturated rings. The van der Waals surface area contributed by atoms with Gasteiger partial charge in [0.2, 0.25) is 0 Å². The van der Waals surface area contributed by atoms with Gasteiger partial charge in [-0.1, -0.05) is 62.9 Å². The summed E-state index contributed by atoms with van der Waals surface area (Å²) in [6.45, 7) is 12.9. The molecule has 17 heavy (non-hydrogen) atoms. The number of nitrogens with one attached hydrogen (secondary N) is 1. The van der Waals surface area contributed by atoms with E-state index in [4.69, 9.17) is 0 Å². The fourth-order valence-corrected chi connectivity index (χ4v) is 3.35. The van der Waals surface area contributed by atoms with E-state index in [2.05, 4.69) is 63.1 Å². The predicted molar refractivity (Wildman–Crippen MR) is 78.4 cm³/mol. The number of hydrogen-bond donors (Lipinski definition) is 1. The van der Waals surface area contributed by atoms with Gasteiger partial charge >= 0.3 is 0 Å². The molecule has 1 unspecified atom stereocenters. The molecule has 0 saturated heterocycles. The first-order valence-corrected chi connectivity index (χ1v) is 10.1. The van der Waals surface area contributed by atoms with Crippen molar-refractivity contribution in [1.29, 1.82) is 0 Å². The zero-order valence-electron chi connectivity index (χ0n) is 11.8. The van der Waals surface area contributed by atoms with E-state index in [0.717, 1.165) is 12.6 Å². The largest absolute Gasteiger partial charge is 0.309 e. The summed E-state index contributed by atoms with van der Waals surface area (Å²) in [6.07, 6.45) is 1.32. The van der Waals surface area contributed by atoms with Gasteiger partial charge in [0.1, 0.15) is 0 Å². The fraction of sp³-hybridized carbons (Fsp3) is 0.600. The Morgan fingerprint density at radius 3 is 2.12 bits per heavy atom. The number of hydrogen-bond acceptors (Lipinski definition) is 1. The summed E-state index contributed by atoms with van der Waals surface area (Å²) < 4.78 is 0. The third-order valence-corrected chi connectivity index (χ3v) is 5.95. The SMILES string of the molecule is CC1(C)CC1NCc1ccc([Si](C)(C)C)cc1. The molecule has 0 bridgehead atoms. The lowest BCUT2D eigenvalue weighted by Crippen LogP contribution is -2.37. The molecule has 1 aliphatic carbocycles. The Morgan fingerprint density at radius 1 is 1.18 bits per heavy atom. The fourth-order valence-electron chi connectivity index (χ4n) is 2.18. The molecule has 1 aromatic rings. The second-order valence-corrected chi connectivity index (χ2v) is 12.2. The van der Waals surface area contributed by atoms with E-state index in [1.165, 1.54) is 12.0 Å². The van der Waals surface area contributed by atoms with Crippen molar-refractivity contribution in [3.63, 3.8) is 0 Å². The van der Waals surface area contributed by atoms with E-state index >= 15 is 0 Å². The van der Waals surface area contributed by atoms with Crippen molar-refractivity contribution in [2.45, 2.75) is 52.5 Å². The van der Waals surface area contributed by atoms with Crippen LogP contribution in [0, 0.1) is 5.41 Å². The molecule has 0 heterocycles. The summed E-state index contributed by atoms with van der Waals surface area (Å²) in [7, 11) is -1.13. The van der Waals surface area contributed by atoms with Crippen LogP contribution >= 0.6 is 0 Å².